The van der Waals surface area contributed by atoms with Crippen LogP contribution < -0.4 is 9.80 Å². The van der Waals surface area contributed by atoms with Gasteiger partial charge in [0.15, 0.2) is 0 Å². The molecule has 0 N–H and O–H groups in total. The lowest BCUT2D eigenvalue weighted by Crippen LogP contribution is -2.28. The molecule has 0 bridgehead atoms. The first-order valence-electron chi connectivity index (χ1n) is 44.4. The Morgan fingerprint density at radius 1 is 0.141 bits per heavy atom. The van der Waals surface area contributed by atoms with Gasteiger partial charge in [0.1, 0.15) is 0 Å². The lowest BCUT2D eigenvalue weighted by Gasteiger charge is -2.34. The number of benzene rings is 22. The van der Waals surface area contributed by atoms with Crippen LogP contribution >= 0.6 is 0 Å². The third kappa shape index (κ3) is 12.9. The summed E-state index contributed by atoms with van der Waals surface area (Å²) in [6, 6.07) is 191. The summed E-state index contributed by atoms with van der Waals surface area (Å²) < 4.78 is 0. The summed E-state index contributed by atoms with van der Waals surface area (Å²) in [7, 11) is 0. The van der Waals surface area contributed by atoms with Crippen LogP contribution in [0.3, 0.4) is 0 Å². The van der Waals surface area contributed by atoms with Crippen LogP contribution in [0.4, 0.5) is 34.1 Å². The molecule has 128 heavy (non-hydrogen) atoms. The van der Waals surface area contributed by atoms with Gasteiger partial charge in [-0.15, -0.1) is 0 Å². The molecule has 2 nitrogen and oxygen atoms in total. The van der Waals surface area contributed by atoms with Crippen molar-refractivity contribution >= 4 is 77.2 Å². The Morgan fingerprint density at radius 3 is 0.984 bits per heavy atom. The third-order valence-electron chi connectivity index (χ3n) is 26.7. The first-order valence-corrected chi connectivity index (χ1v) is 44.4. The highest BCUT2D eigenvalue weighted by atomic mass is 15.1. The molecule has 0 saturated carbocycles. The van der Waals surface area contributed by atoms with Crippen LogP contribution in [0.15, 0.2) is 522 Å². The van der Waals surface area contributed by atoms with Crippen LogP contribution in [0.25, 0.3) is 132 Å². The molecular weight excluding hydrogens is 1540 g/mol. The molecule has 2 aliphatic carbocycles. The van der Waals surface area contributed by atoms with Crippen molar-refractivity contribution in [2.24, 2.45) is 0 Å². The normalized spacial score (nSPS) is 12.5. The van der Waals surface area contributed by atoms with E-state index in [4.69, 9.17) is 0 Å². The molecule has 0 unspecified atom stereocenters. The van der Waals surface area contributed by atoms with Crippen molar-refractivity contribution in [3.63, 3.8) is 0 Å². The summed E-state index contributed by atoms with van der Waals surface area (Å²) in [4.78, 5) is 4.81. The van der Waals surface area contributed by atoms with Crippen LogP contribution in [-0.2, 0) is 10.8 Å². The van der Waals surface area contributed by atoms with E-state index in [9.17, 15) is 0 Å². The Hall–Kier alpha value is -16.5. The highest BCUT2D eigenvalue weighted by Gasteiger charge is 2.48. The number of anilines is 6. The topological polar surface area (TPSA) is 6.48 Å². The van der Waals surface area contributed by atoms with E-state index in [0.717, 1.165) is 34.1 Å². The second kappa shape index (κ2) is 32.6. The number of nitrogens with zero attached hydrogens (tertiary/aromatic N) is 2. The molecule has 0 amide bonds. The van der Waals surface area contributed by atoms with E-state index in [1.807, 2.05) is 0 Å². The van der Waals surface area contributed by atoms with Gasteiger partial charge < -0.3 is 9.80 Å². The van der Waals surface area contributed by atoms with Crippen molar-refractivity contribution in [1.82, 2.24) is 0 Å². The van der Waals surface area contributed by atoms with E-state index >= 15 is 0 Å². The van der Waals surface area contributed by atoms with Crippen LogP contribution in [0.1, 0.15) is 44.5 Å². The summed E-state index contributed by atoms with van der Waals surface area (Å²) in [5.74, 6) is 0. The van der Waals surface area contributed by atoms with Crippen LogP contribution in [0, 0.1) is 0 Å². The van der Waals surface area contributed by atoms with E-state index in [0.29, 0.717) is 0 Å². The predicted molar refractivity (Wildman–Crippen MR) is 539 cm³/mol. The smallest absolute Gasteiger partial charge is 0.0713 e. The molecule has 2 aliphatic rings. The Bertz CT molecular complexity index is 7800. The van der Waals surface area contributed by atoms with Gasteiger partial charge in [-0.05, 0) is 244 Å². The second-order valence-electron chi connectivity index (χ2n) is 33.5. The predicted octanol–water partition coefficient (Wildman–Crippen LogP) is 33.7. The van der Waals surface area contributed by atoms with Crippen molar-refractivity contribution in [2.75, 3.05) is 9.80 Å². The molecular formula is C126H86N2. The maximum atomic E-state index is 2.41. The minimum atomic E-state index is -0.458. The van der Waals surface area contributed by atoms with Crippen molar-refractivity contribution in [3.05, 3.63) is 566 Å². The SMILES string of the molecule is c1ccc(-c2ccc(-c3ccccc3N(c3ccccc3)c3ccc(-c4cccc5c4-c4ccccc4C5(c4ccccc4)c4ccccc4)cc3)c3ccccc23)cc1.c1ccc(C2(c3ccccc3)c3ccccc3-c3c(-c4ccc(N(c5ccc(-c6cccc7ccccc67)cc5)c5cccc(-c6cc7ccccc7c7ccccc67)c5)cc4)cccc32)cc1. The van der Waals surface area contributed by atoms with Gasteiger partial charge in [0, 0.05) is 34.0 Å². The minimum absolute atomic E-state index is 0.443. The zero-order valence-corrected chi connectivity index (χ0v) is 70.5. The van der Waals surface area contributed by atoms with Gasteiger partial charge in [-0.3, -0.25) is 0 Å². The average molecular weight is 1630 g/mol. The highest BCUT2D eigenvalue weighted by Crippen LogP contribution is 2.61. The van der Waals surface area contributed by atoms with Gasteiger partial charge in [0.25, 0.3) is 0 Å². The van der Waals surface area contributed by atoms with E-state index in [1.165, 1.54) is 177 Å². The number of fused-ring (bicyclic) bond motifs is 11. The molecule has 22 aromatic carbocycles. The van der Waals surface area contributed by atoms with Crippen LogP contribution in [0.2, 0.25) is 0 Å². The van der Waals surface area contributed by atoms with Crippen molar-refractivity contribution in [2.45, 2.75) is 10.8 Å². The molecule has 0 saturated heterocycles. The summed E-state index contributed by atoms with van der Waals surface area (Å²) in [5, 5.41) is 10.00. The van der Waals surface area contributed by atoms with E-state index < -0.39 is 10.8 Å². The molecule has 0 aromatic heterocycles. The van der Waals surface area contributed by atoms with Gasteiger partial charge >= 0.3 is 0 Å². The number of rotatable bonds is 16. The fraction of sp³-hybridized carbons (Fsp3) is 0.0159. The van der Waals surface area contributed by atoms with E-state index in [2.05, 4.69) is 532 Å². The minimum Gasteiger partial charge on any atom is -0.310 e. The van der Waals surface area contributed by atoms with Gasteiger partial charge in [-0.25, -0.2) is 0 Å². The summed E-state index contributed by atoms with van der Waals surface area (Å²) in [6.07, 6.45) is 0. The number of hydrogen-bond donors (Lipinski definition) is 0. The molecule has 0 spiro atoms. The van der Waals surface area contributed by atoms with Gasteiger partial charge in [-0.2, -0.15) is 0 Å². The zero-order valence-electron chi connectivity index (χ0n) is 70.5. The first-order chi connectivity index (χ1) is 63.5. The van der Waals surface area contributed by atoms with Gasteiger partial charge in [0.2, 0.25) is 0 Å². The molecule has 0 aliphatic heterocycles. The average Bonchev–Trinajstić information content (AvgIpc) is 1.54. The molecule has 22 aromatic rings. The standard InChI is InChI=1S/C67H45N.C59H41N/c1-3-22-51(23-4-1)67(52-24-5-2-6-25-52)64-34-14-13-31-62(64)66-59(33-17-35-65(66)67)48-38-42-54(43-39-48)68(53-40-36-47(37-41-53)57-32-16-20-46-18-7-9-27-56(46)57)55-26-15-21-49(44-55)63-45-50-19-8-10-28-58(50)60-29-11-12-30-61(60)63;1-5-20-42(21-6-1)48-40-41-52(51-29-14-13-28-50(48)51)53-30-16-18-35-57(53)60(46-26-11-4-12-27-46)47-38-36-43(37-39-47)49-32-19-34-56-58(49)54-31-15-17-33-55(54)59(56,44-22-7-2-8-23-44)45-24-9-3-10-25-45/h1-45H;1-41H. The quantitative estimate of drug-likeness (QED) is 0.0890. The van der Waals surface area contributed by atoms with Crippen molar-refractivity contribution in [1.29, 1.82) is 0 Å². The first kappa shape index (κ1) is 76.4. The Balaban J connectivity index is 0.000000148. The largest absolute Gasteiger partial charge is 0.310 e. The summed E-state index contributed by atoms with van der Waals surface area (Å²) >= 11 is 0. The third-order valence-corrected chi connectivity index (χ3v) is 26.7. The molecule has 0 heterocycles. The lowest BCUT2D eigenvalue weighted by molar-refractivity contribution is 0.768. The maximum Gasteiger partial charge on any atom is 0.0713 e. The number of hydrogen-bond acceptors (Lipinski definition) is 2. The van der Waals surface area contributed by atoms with Crippen LogP contribution in [-0.4, -0.2) is 0 Å². The van der Waals surface area contributed by atoms with E-state index in [1.54, 1.807) is 0 Å². The fourth-order valence-electron chi connectivity index (χ4n) is 21.2. The molecule has 0 fully saturated rings. The molecule has 600 valence electrons. The Kier molecular flexibility index (Phi) is 19.5. The summed E-state index contributed by atoms with van der Waals surface area (Å²) in [5.41, 5.74) is 35.7. The summed E-state index contributed by atoms with van der Waals surface area (Å²) in [6.45, 7) is 0. The highest BCUT2D eigenvalue weighted by molar-refractivity contribution is 6.14. The van der Waals surface area contributed by atoms with Crippen LogP contribution in [0.5, 0.6) is 0 Å². The van der Waals surface area contributed by atoms with Crippen molar-refractivity contribution in [3.8, 4) is 89.0 Å². The van der Waals surface area contributed by atoms with E-state index in [-0.39, 0.29) is 0 Å². The van der Waals surface area contributed by atoms with Crippen molar-refractivity contribution < 1.29 is 0 Å². The maximum absolute atomic E-state index is 2.41. The lowest BCUT2D eigenvalue weighted by atomic mass is 9.67. The van der Waals surface area contributed by atoms with Gasteiger partial charge in [0.05, 0.1) is 16.5 Å². The fourth-order valence-corrected chi connectivity index (χ4v) is 21.2. The monoisotopic (exact) mass is 1630 g/mol. The molecule has 0 radical (unpaired) electrons. The second-order valence-corrected chi connectivity index (χ2v) is 33.5. The number of para-hydroxylation sites is 2. The molecule has 24 rings (SSSR count). The molecule has 0 atom stereocenters. The van der Waals surface area contributed by atoms with Gasteiger partial charge in [-0.1, -0.05) is 449 Å². The zero-order chi connectivity index (χ0) is 84.9. The Labute approximate surface area is 747 Å². The molecule has 2 heteroatoms. The Morgan fingerprint density at radius 2 is 0.453 bits per heavy atom.